The molecule has 0 N–H and O–H groups in total. The number of carbonyl (C=O) groups is 3. The maximum absolute atomic E-state index is 14.7. The lowest BCUT2D eigenvalue weighted by Crippen LogP contribution is -2.60. The van der Waals surface area contributed by atoms with E-state index in [1.165, 1.54) is 0 Å². The summed E-state index contributed by atoms with van der Waals surface area (Å²) in [5.74, 6) is -2.21. The summed E-state index contributed by atoms with van der Waals surface area (Å²) >= 11 is 0. The number of ether oxygens (including phenoxy) is 5. The summed E-state index contributed by atoms with van der Waals surface area (Å²) in [5.41, 5.74) is 8.22. The molecule has 1 fully saturated rings. The van der Waals surface area contributed by atoms with Gasteiger partial charge < -0.3 is 23.7 Å². The van der Waals surface area contributed by atoms with Crippen molar-refractivity contribution in [2.45, 2.75) is 51.5 Å². The Morgan fingerprint density at radius 2 is 1.73 bits per heavy atom. The molecule has 1 saturated heterocycles. The van der Waals surface area contributed by atoms with Gasteiger partial charge in [0.15, 0.2) is 24.7 Å². The van der Waals surface area contributed by atoms with E-state index in [4.69, 9.17) is 29.2 Å². The molecule has 26 heavy (non-hydrogen) atoms. The zero-order valence-corrected chi connectivity index (χ0v) is 14.5. The minimum Gasteiger partial charge on any atom is -0.463 e. The smallest absolute Gasteiger partial charge is 0.303 e. The van der Waals surface area contributed by atoms with Gasteiger partial charge in [-0.05, 0) is 5.53 Å². The highest BCUT2D eigenvalue weighted by molar-refractivity contribution is 5.67. The molecule has 11 nitrogen and oxygen atoms in total. The summed E-state index contributed by atoms with van der Waals surface area (Å²) in [4.78, 5) is 36.2. The average molecular weight is 376 g/mol. The predicted molar refractivity (Wildman–Crippen MR) is 81.3 cm³/mol. The van der Waals surface area contributed by atoms with Crippen LogP contribution >= 0.6 is 0 Å². The van der Waals surface area contributed by atoms with Crippen LogP contribution in [0, 0.1) is 0 Å². The molecule has 146 valence electrons. The second-order valence-corrected chi connectivity index (χ2v) is 5.26. The molecule has 1 aliphatic heterocycles. The third-order valence-corrected chi connectivity index (χ3v) is 3.16. The van der Waals surface area contributed by atoms with Crippen LogP contribution in [0.1, 0.15) is 20.8 Å². The highest BCUT2D eigenvalue weighted by Gasteiger charge is 2.51. The fourth-order valence-corrected chi connectivity index (χ4v) is 2.25. The van der Waals surface area contributed by atoms with Gasteiger partial charge in [-0.2, -0.15) is 0 Å². The Balaban J connectivity index is 2.99. The number of rotatable bonds is 8. The number of azide groups is 1. The van der Waals surface area contributed by atoms with Gasteiger partial charge >= 0.3 is 17.9 Å². The molecular formula is C14H20FN3O8. The number of hydrogen-bond donors (Lipinski definition) is 0. The Morgan fingerprint density at radius 1 is 1.12 bits per heavy atom. The van der Waals surface area contributed by atoms with Crippen LogP contribution in [-0.4, -0.2) is 68.4 Å². The van der Waals surface area contributed by atoms with Gasteiger partial charge in [-0.3, -0.25) is 14.4 Å². The van der Waals surface area contributed by atoms with Crippen LogP contribution in [-0.2, 0) is 38.1 Å². The highest BCUT2D eigenvalue weighted by atomic mass is 18.2. The normalized spacial score (nSPS) is 27.8. The molecule has 12 heteroatoms. The maximum atomic E-state index is 14.7. The Labute approximate surface area is 148 Å². The fraction of sp³-hybridized carbons (Fsp3) is 0.786. The SMILES string of the molecule is CC(=O)OC[C@H]1OC(OCCN=[N+]=[N-])[C@H]([18F])[C@@H](OC(C)=O)[C@@H]1OC(C)=O. The minimum atomic E-state index is -2.00. The second kappa shape index (κ2) is 10.5. The van der Waals surface area contributed by atoms with Crippen molar-refractivity contribution >= 4 is 17.9 Å². The van der Waals surface area contributed by atoms with Gasteiger partial charge in [0, 0.05) is 32.2 Å². The standard InChI is InChI=1S/C14H20FN3O8/c1-7(19)23-6-10-12(24-8(2)20)13(25-9(3)21)11(15)14(26-10)22-5-4-17-18-16/h10-14H,4-6H2,1-3H3/t10-,11-,12-,13-,14?/m1/s1/i15-1. The van der Waals surface area contributed by atoms with Gasteiger partial charge in [0.05, 0.1) is 6.61 Å². The first-order valence-corrected chi connectivity index (χ1v) is 7.66. The monoisotopic (exact) mass is 376 g/mol. The molecule has 0 aromatic carbocycles. The predicted octanol–water partition coefficient (Wildman–Crippen LogP) is 0.803. The van der Waals surface area contributed by atoms with Crippen LogP contribution in [0.2, 0.25) is 0 Å². The Morgan fingerprint density at radius 3 is 2.27 bits per heavy atom. The summed E-state index contributed by atoms with van der Waals surface area (Å²) in [6, 6.07) is 0. The largest absolute Gasteiger partial charge is 0.463 e. The fourth-order valence-electron chi connectivity index (χ4n) is 2.25. The van der Waals surface area contributed by atoms with E-state index in [9.17, 15) is 18.8 Å². The lowest BCUT2D eigenvalue weighted by molar-refractivity contribution is -0.292. The summed E-state index contributed by atoms with van der Waals surface area (Å²) in [7, 11) is 0. The van der Waals surface area contributed by atoms with Crippen molar-refractivity contribution in [3.63, 3.8) is 0 Å². The third kappa shape index (κ3) is 6.82. The first-order valence-electron chi connectivity index (χ1n) is 7.66. The third-order valence-electron chi connectivity index (χ3n) is 3.16. The van der Waals surface area contributed by atoms with Crippen LogP contribution in [0.25, 0.3) is 10.4 Å². The number of carbonyl (C=O) groups excluding carboxylic acids is 3. The molecular weight excluding hydrogens is 356 g/mol. The van der Waals surface area contributed by atoms with E-state index in [-0.39, 0.29) is 19.8 Å². The molecule has 1 unspecified atom stereocenters. The number of esters is 3. The Bertz CT molecular complexity index is 568. The molecule has 0 aromatic rings. The molecule has 0 aliphatic carbocycles. The summed E-state index contributed by atoms with van der Waals surface area (Å²) in [6.07, 6.45) is -7.52. The van der Waals surface area contributed by atoms with Gasteiger partial charge in [0.1, 0.15) is 12.7 Å². The van der Waals surface area contributed by atoms with E-state index in [0.717, 1.165) is 20.8 Å². The van der Waals surface area contributed by atoms with Gasteiger partial charge in [0.25, 0.3) is 0 Å². The lowest BCUT2D eigenvalue weighted by atomic mass is 9.99. The molecule has 1 aliphatic rings. The topological polar surface area (TPSA) is 146 Å². The molecule has 0 amide bonds. The summed E-state index contributed by atoms with van der Waals surface area (Å²) in [6.45, 7) is 2.67. The Hall–Kier alpha value is -2.43. The van der Waals surface area contributed by atoms with Crippen molar-refractivity contribution in [2.75, 3.05) is 19.8 Å². The van der Waals surface area contributed by atoms with Gasteiger partial charge in [0.2, 0.25) is 0 Å². The quantitative estimate of drug-likeness (QED) is 0.151. The zero-order valence-electron chi connectivity index (χ0n) is 14.5. The molecule has 0 aromatic heterocycles. The zero-order chi connectivity index (χ0) is 19.7. The molecule has 0 spiro atoms. The van der Waals surface area contributed by atoms with Crippen molar-refractivity contribution in [1.82, 2.24) is 0 Å². The van der Waals surface area contributed by atoms with E-state index in [2.05, 4.69) is 10.0 Å². The molecule has 0 saturated carbocycles. The molecule has 0 bridgehead atoms. The van der Waals surface area contributed by atoms with Crippen LogP contribution in [0.4, 0.5) is 4.39 Å². The maximum Gasteiger partial charge on any atom is 0.303 e. The van der Waals surface area contributed by atoms with Crippen LogP contribution in [0.3, 0.4) is 0 Å². The van der Waals surface area contributed by atoms with Crippen molar-refractivity contribution in [1.29, 1.82) is 0 Å². The van der Waals surface area contributed by atoms with Crippen LogP contribution in [0.5, 0.6) is 0 Å². The second-order valence-electron chi connectivity index (χ2n) is 5.26. The summed E-state index contributed by atoms with van der Waals surface area (Å²) < 4.78 is 40.1. The average Bonchev–Trinajstić information content (AvgIpc) is 2.54. The van der Waals surface area contributed by atoms with Crippen molar-refractivity contribution < 1.29 is 42.5 Å². The van der Waals surface area contributed by atoms with Gasteiger partial charge in [-0.15, -0.1) is 0 Å². The van der Waals surface area contributed by atoms with Gasteiger partial charge in [-0.1, -0.05) is 5.11 Å². The first-order chi connectivity index (χ1) is 12.3. The van der Waals surface area contributed by atoms with Crippen LogP contribution in [0.15, 0.2) is 5.11 Å². The molecule has 5 atom stereocenters. The van der Waals surface area contributed by atoms with E-state index < -0.39 is 48.7 Å². The molecule has 0 radical (unpaired) electrons. The minimum absolute atomic E-state index is 0.0801. The number of halogens is 1. The lowest BCUT2D eigenvalue weighted by Gasteiger charge is -2.41. The number of nitrogens with zero attached hydrogens (tertiary/aromatic N) is 3. The Kier molecular flexibility index (Phi) is 8.76. The molecule has 1 rings (SSSR count). The number of alkyl halides is 1. The van der Waals surface area contributed by atoms with E-state index in [1.807, 2.05) is 0 Å². The van der Waals surface area contributed by atoms with Crippen LogP contribution < -0.4 is 0 Å². The van der Waals surface area contributed by atoms with Crippen molar-refractivity contribution in [2.24, 2.45) is 5.11 Å². The van der Waals surface area contributed by atoms with Gasteiger partial charge in [-0.25, -0.2) is 4.39 Å². The van der Waals surface area contributed by atoms with Crippen molar-refractivity contribution in [3.8, 4) is 0 Å². The number of hydrogen-bond acceptors (Lipinski definition) is 9. The highest BCUT2D eigenvalue weighted by Crippen LogP contribution is 2.29. The first kappa shape index (κ1) is 21.6. The van der Waals surface area contributed by atoms with E-state index in [1.54, 1.807) is 0 Å². The van der Waals surface area contributed by atoms with E-state index >= 15 is 0 Å². The van der Waals surface area contributed by atoms with Crippen molar-refractivity contribution in [3.05, 3.63) is 10.4 Å². The molecule has 1 heterocycles. The van der Waals surface area contributed by atoms with E-state index in [0.29, 0.717) is 0 Å². The summed E-state index contributed by atoms with van der Waals surface area (Å²) in [5, 5.41) is 3.24.